The van der Waals surface area contributed by atoms with Crippen LogP contribution in [0.4, 0.5) is 0 Å². The van der Waals surface area contributed by atoms with E-state index in [1.807, 2.05) is 0 Å². The third-order valence-electron chi connectivity index (χ3n) is 25.5. The van der Waals surface area contributed by atoms with E-state index < -0.39 is 0 Å². The lowest BCUT2D eigenvalue weighted by molar-refractivity contribution is 0.0231. The van der Waals surface area contributed by atoms with Gasteiger partial charge in [0, 0.05) is 0 Å². The van der Waals surface area contributed by atoms with Crippen LogP contribution >= 0.6 is 0 Å². The molecule has 8 spiro atoms. The second kappa shape index (κ2) is 25.0. The van der Waals surface area contributed by atoms with Crippen molar-refractivity contribution in [3.05, 3.63) is 0 Å². The molecule has 0 aromatic heterocycles. The molecule has 0 aromatic rings. The van der Waals surface area contributed by atoms with Crippen LogP contribution in [0.1, 0.15) is 385 Å². The van der Waals surface area contributed by atoms with Gasteiger partial charge in [0.15, 0.2) is 0 Å². The van der Waals surface area contributed by atoms with Gasteiger partial charge in [0.1, 0.15) is 0 Å². The van der Waals surface area contributed by atoms with E-state index in [4.69, 9.17) is 0 Å². The van der Waals surface area contributed by atoms with E-state index in [-0.39, 0.29) is 0 Å². The fourth-order valence-corrected chi connectivity index (χ4v) is 19.7. The summed E-state index contributed by atoms with van der Waals surface area (Å²) in [6, 6.07) is 0. The fourth-order valence-electron chi connectivity index (χ4n) is 19.7. The molecule has 15 aliphatic carbocycles. The molecule has 0 aromatic carbocycles. The monoisotopic (exact) mass is 937 g/mol. The zero-order valence-electron chi connectivity index (χ0n) is 46.4. The molecule has 15 saturated carbocycles. The van der Waals surface area contributed by atoms with Crippen molar-refractivity contribution in [2.75, 3.05) is 0 Å². The van der Waals surface area contributed by atoms with Gasteiger partial charge < -0.3 is 0 Å². The topological polar surface area (TPSA) is 0 Å². The normalized spacial score (nSPS) is 32.5. The van der Waals surface area contributed by atoms with Crippen LogP contribution in [0, 0.1) is 43.3 Å². The van der Waals surface area contributed by atoms with Crippen LogP contribution in [-0.4, -0.2) is 0 Å². The highest BCUT2D eigenvalue weighted by atomic mass is 14.5. The Morgan fingerprint density at radius 2 is 0.162 bits per heavy atom. The minimum Gasteiger partial charge on any atom is -0.0533 e. The predicted molar refractivity (Wildman–Crippen MR) is 296 cm³/mol. The Labute approximate surface area is 426 Å². The van der Waals surface area contributed by atoms with Crippen LogP contribution in [0.15, 0.2) is 0 Å². The van der Waals surface area contributed by atoms with Gasteiger partial charge in [-0.3, -0.25) is 0 Å². The summed E-state index contributed by atoms with van der Waals surface area (Å²) in [5.74, 6) is 0. The standard InChI is InChI=1S/C16H28.C11H20.C10H18.C9H16.C8H14.2C7H12/c1-3-7-15(8-4-1)11-13-16(14-12-15)9-5-2-6-10-16;1-3-7-11(8-4-1)9-5-2-6-10-11;1-2-6-10(7-3-1)8-4-5-9-10;1-2-6-9(5-1)7-3-4-8-9;1-2-5-8(4-1)6-3-7-8;1-3-7(4-1)5-2-6-7;1-2-4-7(3-1)5-6-7/h1-14H2;1-10H2;1-9H2;1-8H2;1-7H2;2*1-6H2. The van der Waals surface area contributed by atoms with Crippen LogP contribution in [0.5, 0.6) is 0 Å². The van der Waals surface area contributed by atoms with Crippen molar-refractivity contribution in [2.24, 2.45) is 43.3 Å². The molecule has 0 unspecified atom stereocenters. The molecule has 0 heteroatoms. The van der Waals surface area contributed by atoms with Gasteiger partial charge >= 0.3 is 0 Å². The summed E-state index contributed by atoms with van der Waals surface area (Å²) in [4.78, 5) is 0. The van der Waals surface area contributed by atoms with E-state index in [0.29, 0.717) is 0 Å². The molecule has 15 rings (SSSR count). The van der Waals surface area contributed by atoms with Crippen molar-refractivity contribution >= 4 is 0 Å². The molecule has 0 amide bonds. The Kier molecular flexibility index (Phi) is 19.4. The molecule has 15 aliphatic rings. The minimum atomic E-state index is 0.834. The Morgan fingerprint density at radius 3 is 0.265 bits per heavy atom. The number of hydrogen-bond acceptors (Lipinski definition) is 0. The van der Waals surface area contributed by atoms with Crippen molar-refractivity contribution in [1.82, 2.24) is 0 Å². The van der Waals surface area contributed by atoms with Crippen molar-refractivity contribution in [3.8, 4) is 0 Å². The molecule has 0 nitrogen and oxygen atoms in total. The summed E-state index contributed by atoms with van der Waals surface area (Å²) in [5, 5.41) is 0. The first kappa shape index (κ1) is 52.8. The van der Waals surface area contributed by atoms with E-state index in [0.717, 1.165) is 43.3 Å². The van der Waals surface area contributed by atoms with Crippen molar-refractivity contribution in [1.29, 1.82) is 0 Å². The van der Waals surface area contributed by atoms with Gasteiger partial charge in [-0.1, -0.05) is 180 Å². The summed E-state index contributed by atoms with van der Waals surface area (Å²) in [6.07, 6.45) is 92.9. The van der Waals surface area contributed by atoms with Crippen LogP contribution in [-0.2, 0) is 0 Å². The average Bonchev–Trinajstić information content (AvgIpc) is 4.05. The molecule has 0 atom stereocenters. The molecular weight excluding hydrogens is 817 g/mol. The Balaban J connectivity index is 0.000000101. The molecule has 0 bridgehead atoms. The van der Waals surface area contributed by atoms with E-state index in [1.54, 1.807) is 205 Å². The highest BCUT2D eigenvalue weighted by molar-refractivity contribution is 4.98. The lowest BCUT2D eigenvalue weighted by Crippen LogP contribution is -2.36. The SMILES string of the molecule is C1CC2(C1)CCC2.C1CCC2(C1)CC2.C1CCC2(C1)CCC2.C1CCC2(C1)CCCC2.C1CCC2(CC1)CCC1(CCCCC1)CC2.C1CCC2(CC1)CCCC2.C1CCC2(CC1)CCCCC2. The van der Waals surface area contributed by atoms with Gasteiger partial charge in [0.05, 0.1) is 0 Å². The Hall–Kier alpha value is 0. The lowest BCUT2D eigenvalue weighted by Gasteiger charge is -2.50. The molecule has 0 aliphatic heterocycles. The Morgan fingerprint density at radius 1 is 0.0735 bits per heavy atom. The predicted octanol–water partition coefficient (Wildman–Crippen LogP) is 23.4. The van der Waals surface area contributed by atoms with Gasteiger partial charge in [-0.15, -0.1) is 0 Å². The number of hydrogen-bond donors (Lipinski definition) is 0. The first-order valence-electron chi connectivity index (χ1n) is 33.3. The smallest absolute Gasteiger partial charge is 0.0297 e. The summed E-state index contributed by atoms with van der Waals surface area (Å²) in [6.45, 7) is 0. The van der Waals surface area contributed by atoms with Gasteiger partial charge in [-0.25, -0.2) is 0 Å². The Bertz CT molecular complexity index is 1270. The third-order valence-corrected chi connectivity index (χ3v) is 25.5. The first-order chi connectivity index (χ1) is 33.3. The molecule has 15 fully saturated rings. The van der Waals surface area contributed by atoms with E-state index >= 15 is 0 Å². The molecule has 0 saturated heterocycles. The lowest BCUT2D eigenvalue weighted by atomic mass is 9.56. The highest BCUT2D eigenvalue weighted by Gasteiger charge is 2.45. The van der Waals surface area contributed by atoms with Gasteiger partial charge in [0.25, 0.3) is 0 Å². The molecule has 0 radical (unpaired) electrons. The van der Waals surface area contributed by atoms with Crippen molar-refractivity contribution < 1.29 is 0 Å². The molecule has 392 valence electrons. The second-order valence-corrected chi connectivity index (χ2v) is 29.9. The third kappa shape index (κ3) is 14.6. The van der Waals surface area contributed by atoms with Crippen molar-refractivity contribution in [3.63, 3.8) is 0 Å². The molecule has 0 N–H and O–H groups in total. The zero-order chi connectivity index (χ0) is 46.4. The van der Waals surface area contributed by atoms with Crippen LogP contribution in [0.2, 0.25) is 0 Å². The first-order valence-corrected chi connectivity index (χ1v) is 33.3. The van der Waals surface area contributed by atoms with Crippen LogP contribution in [0.3, 0.4) is 0 Å². The van der Waals surface area contributed by atoms with Crippen LogP contribution in [0.25, 0.3) is 0 Å². The van der Waals surface area contributed by atoms with Gasteiger partial charge in [-0.05, 0) is 249 Å². The van der Waals surface area contributed by atoms with Gasteiger partial charge in [0.2, 0.25) is 0 Å². The maximum absolute atomic E-state index is 1.59. The van der Waals surface area contributed by atoms with Crippen molar-refractivity contribution in [2.45, 2.75) is 385 Å². The zero-order valence-corrected chi connectivity index (χ0v) is 46.4. The molecular formula is C68H120. The summed E-state index contributed by atoms with van der Waals surface area (Å²) < 4.78 is 0. The average molecular weight is 938 g/mol. The fraction of sp³-hybridized carbons (Fsp3) is 1.00. The summed E-state index contributed by atoms with van der Waals surface area (Å²) >= 11 is 0. The van der Waals surface area contributed by atoms with E-state index in [9.17, 15) is 0 Å². The van der Waals surface area contributed by atoms with Gasteiger partial charge in [-0.2, -0.15) is 0 Å². The maximum atomic E-state index is 1.59. The minimum absolute atomic E-state index is 0.834. The highest BCUT2D eigenvalue weighted by Crippen LogP contribution is 2.59. The molecule has 0 heterocycles. The second-order valence-electron chi connectivity index (χ2n) is 29.9. The van der Waals surface area contributed by atoms with Crippen LogP contribution < -0.4 is 0 Å². The maximum Gasteiger partial charge on any atom is -0.0297 e. The van der Waals surface area contributed by atoms with E-state index in [2.05, 4.69) is 0 Å². The largest absolute Gasteiger partial charge is 0.0533 e. The summed E-state index contributed by atoms with van der Waals surface area (Å²) in [7, 11) is 0. The summed E-state index contributed by atoms with van der Waals surface area (Å²) in [5.41, 5.74) is 7.09. The van der Waals surface area contributed by atoms with E-state index in [1.165, 1.54) is 180 Å². The quantitative estimate of drug-likeness (QED) is 0.227. The molecule has 68 heavy (non-hydrogen) atoms. The number of rotatable bonds is 0.